The second-order valence-corrected chi connectivity index (χ2v) is 6.21. The number of nitrogens with one attached hydrogen (secondary N) is 1. The van der Waals surface area contributed by atoms with Gasteiger partial charge in [-0.05, 0) is 42.8 Å². The Balaban J connectivity index is 1.89. The molecule has 4 rings (SSSR count). The van der Waals surface area contributed by atoms with E-state index >= 15 is 0 Å². The van der Waals surface area contributed by atoms with Crippen LogP contribution in [0, 0.1) is 18.3 Å². The highest BCUT2D eigenvalue weighted by atomic mass is 16.1. The smallest absolute Gasteiger partial charge is 0.268 e. The summed E-state index contributed by atoms with van der Waals surface area (Å²) in [5.74, 6) is 0. The highest BCUT2D eigenvalue weighted by molar-refractivity contribution is 5.93. The molecule has 28 heavy (non-hydrogen) atoms. The second-order valence-electron chi connectivity index (χ2n) is 6.21. The third kappa shape index (κ3) is 2.97. The molecule has 1 aromatic carbocycles. The van der Waals surface area contributed by atoms with E-state index < -0.39 is 0 Å². The van der Waals surface area contributed by atoms with Gasteiger partial charge in [-0.2, -0.15) is 15.5 Å². The standard InChI is InChI=1S/C21H15N6O/c1-13-17-9-14(6-7-16(17)21(28)26-25-13)18-12-24-27(2)20(18)10-15(11-22)19-5-3-4-8-23-19/h3-10,12H,1H2,2H3,(H,26,28). The van der Waals surface area contributed by atoms with E-state index in [0.717, 1.165) is 16.8 Å². The molecule has 0 aliphatic carbocycles. The number of aryl methyl sites for hydroxylation is 1. The molecule has 0 saturated heterocycles. The van der Waals surface area contributed by atoms with E-state index in [1.807, 2.05) is 25.2 Å². The molecule has 0 aliphatic rings. The minimum absolute atomic E-state index is 0.262. The van der Waals surface area contributed by atoms with E-state index in [1.165, 1.54) is 0 Å². The summed E-state index contributed by atoms with van der Waals surface area (Å²) in [4.78, 5) is 16.2. The highest BCUT2D eigenvalue weighted by Crippen LogP contribution is 2.29. The van der Waals surface area contributed by atoms with Crippen LogP contribution < -0.4 is 5.56 Å². The van der Waals surface area contributed by atoms with Gasteiger partial charge in [-0.25, -0.2) is 5.10 Å². The van der Waals surface area contributed by atoms with E-state index in [9.17, 15) is 10.1 Å². The summed E-state index contributed by atoms with van der Waals surface area (Å²) < 4.78 is 1.70. The number of nitrogens with zero attached hydrogens (tertiary/aromatic N) is 5. The van der Waals surface area contributed by atoms with Crippen LogP contribution in [-0.4, -0.2) is 25.0 Å². The van der Waals surface area contributed by atoms with Crippen LogP contribution >= 0.6 is 0 Å². The van der Waals surface area contributed by atoms with Crippen LogP contribution in [0.15, 0.2) is 53.6 Å². The number of pyridine rings is 1. The van der Waals surface area contributed by atoms with Gasteiger partial charge in [-0.15, -0.1) is 0 Å². The Labute approximate surface area is 160 Å². The lowest BCUT2D eigenvalue weighted by Crippen LogP contribution is -2.09. The van der Waals surface area contributed by atoms with Crippen molar-refractivity contribution in [2.45, 2.75) is 0 Å². The number of aromatic amines is 1. The molecular weight excluding hydrogens is 352 g/mol. The zero-order valence-electron chi connectivity index (χ0n) is 15.0. The van der Waals surface area contributed by atoms with Crippen LogP contribution in [0.1, 0.15) is 17.1 Å². The molecule has 3 heterocycles. The summed E-state index contributed by atoms with van der Waals surface area (Å²) >= 11 is 0. The van der Waals surface area contributed by atoms with Crippen molar-refractivity contribution in [2.75, 3.05) is 0 Å². The van der Waals surface area contributed by atoms with E-state index in [1.54, 1.807) is 41.4 Å². The van der Waals surface area contributed by atoms with Crippen molar-refractivity contribution in [1.82, 2.24) is 25.0 Å². The lowest BCUT2D eigenvalue weighted by Gasteiger charge is -2.06. The number of nitriles is 1. The lowest BCUT2D eigenvalue weighted by molar-refractivity contribution is 0.760. The third-order valence-corrected chi connectivity index (χ3v) is 4.51. The molecule has 3 aromatic heterocycles. The number of rotatable bonds is 3. The molecule has 0 unspecified atom stereocenters. The lowest BCUT2D eigenvalue weighted by atomic mass is 10.0. The molecule has 1 N–H and O–H groups in total. The SMILES string of the molecule is [CH2]c1n[nH]c(=O)c2ccc(-c3cnn(C)c3C=C(C#N)c3ccccn3)cc12. The molecule has 135 valence electrons. The van der Waals surface area contributed by atoms with Crippen molar-refractivity contribution in [3.8, 4) is 17.2 Å². The van der Waals surface area contributed by atoms with Gasteiger partial charge in [0, 0.05) is 24.2 Å². The predicted molar refractivity (Wildman–Crippen MR) is 107 cm³/mol. The minimum atomic E-state index is -0.262. The van der Waals surface area contributed by atoms with Gasteiger partial charge in [0.1, 0.15) is 6.07 Å². The molecule has 0 aliphatic heterocycles. The molecule has 4 aromatic rings. The normalized spacial score (nSPS) is 11.5. The Kier molecular flexibility index (Phi) is 4.30. The van der Waals surface area contributed by atoms with E-state index in [0.29, 0.717) is 27.7 Å². The Morgan fingerprint density at radius 2 is 2.14 bits per heavy atom. The number of aromatic nitrogens is 5. The average Bonchev–Trinajstić information content (AvgIpc) is 3.09. The fraction of sp³-hybridized carbons (Fsp3) is 0.0476. The summed E-state index contributed by atoms with van der Waals surface area (Å²) in [5.41, 5.74) is 3.68. The van der Waals surface area contributed by atoms with Gasteiger partial charge in [-0.1, -0.05) is 12.1 Å². The minimum Gasteiger partial charge on any atom is -0.268 e. The van der Waals surface area contributed by atoms with Crippen molar-refractivity contribution in [1.29, 1.82) is 5.26 Å². The molecule has 7 heteroatoms. The molecule has 0 saturated carbocycles. The van der Waals surface area contributed by atoms with Crippen LogP contribution in [0.4, 0.5) is 0 Å². The fourth-order valence-electron chi connectivity index (χ4n) is 3.05. The first-order chi connectivity index (χ1) is 13.6. The number of hydrogen-bond acceptors (Lipinski definition) is 5. The number of benzene rings is 1. The Morgan fingerprint density at radius 3 is 2.89 bits per heavy atom. The number of hydrogen-bond donors (Lipinski definition) is 1. The number of allylic oxidation sites excluding steroid dienone is 1. The van der Waals surface area contributed by atoms with Crippen LogP contribution in [0.5, 0.6) is 0 Å². The maximum absolute atomic E-state index is 12.0. The molecule has 7 nitrogen and oxygen atoms in total. The van der Waals surface area contributed by atoms with Crippen molar-refractivity contribution >= 4 is 22.4 Å². The molecule has 1 radical (unpaired) electrons. The van der Waals surface area contributed by atoms with Crippen molar-refractivity contribution in [2.24, 2.45) is 7.05 Å². The molecule has 0 spiro atoms. The summed E-state index contributed by atoms with van der Waals surface area (Å²) in [7, 11) is 1.81. The quantitative estimate of drug-likeness (QED) is 0.561. The van der Waals surface area contributed by atoms with Crippen molar-refractivity contribution in [3.63, 3.8) is 0 Å². The molecule has 0 bridgehead atoms. The van der Waals surface area contributed by atoms with Gasteiger partial charge >= 0.3 is 0 Å². The van der Waals surface area contributed by atoms with Gasteiger partial charge in [-0.3, -0.25) is 14.5 Å². The van der Waals surface area contributed by atoms with Crippen LogP contribution in [0.25, 0.3) is 33.5 Å². The topological polar surface area (TPSA) is 100 Å². The fourth-order valence-corrected chi connectivity index (χ4v) is 3.05. The first kappa shape index (κ1) is 17.4. The predicted octanol–water partition coefficient (Wildman–Crippen LogP) is 2.96. The Morgan fingerprint density at radius 1 is 1.29 bits per heavy atom. The maximum atomic E-state index is 12.0. The van der Waals surface area contributed by atoms with E-state index in [-0.39, 0.29) is 5.56 Å². The third-order valence-electron chi connectivity index (χ3n) is 4.51. The summed E-state index contributed by atoms with van der Waals surface area (Å²) in [5, 5.41) is 21.5. The van der Waals surface area contributed by atoms with E-state index in [4.69, 9.17) is 0 Å². The number of fused-ring (bicyclic) bond motifs is 1. The summed E-state index contributed by atoms with van der Waals surface area (Å²) in [6, 6.07) is 13.1. The van der Waals surface area contributed by atoms with Crippen LogP contribution in [-0.2, 0) is 7.05 Å². The van der Waals surface area contributed by atoms with Gasteiger partial charge in [0.15, 0.2) is 0 Å². The zero-order valence-corrected chi connectivity index (χ0v) is 15.0. The van der Waals surface area contributed by atoms with Gasteiger partial charge < -0.3 is 0 Å². The van der Waals surface area contributed by atoms with Crippen molar-refractivity contribution in [3.05, 3.63) is 83.2 Å². The maximum Gasteiger partial charge on any atom is 0.272 e. The number of H-pyrrole nitrogens is 1. The van der Waals surface area contributed by atoms with Crippen LogP contribution in [0.3, 0.4) is 0 Å². The largest absolute Gasteiger partial charge is 0.272 e. The zero-order chi connectivity index (χ0) is 19.7. The Hall–Kier alpha value is -4.05. The molecule has 0 fully saturated rings. The van der Waals surface area contributed by atoms with Gasteiger partial charge in [0.05, 0.1) is 34.2 Å². The Bertz CT molecular complexity index is 1310. The van der Waals surface area contributed by atoms with Crippen molar-refractivity contribution < 1.29 is 0 Å². The summed E-state index contributed by atoms with van der Waals surface area (Å²) in [6.07, 6.45) is 5.13. The highest BCUT2D eigenvalue weighted by Gasteiger charge is 2.13. The first-order valence-electron chi connectivity index (χ1n) is 8.48. The van der Waals surface area contributed by atoms with Gasteiger partial charge in [0.25, 0.3) is 5.56 Å². The molecule has 0 amide bonds. The van der Waals surface area contributed by atoms with Gasteiger partial charge in [0.2, 0.25) is 0 Å². The monoisotopic (exact) mass is 367 g/mol. The average molecular weight is 367 g/mol. The van der Waals surface area contributed by atoms with Crippen LogP contribution in [0.2, 0.25) is 0 Å². The molecule has 0 atom stereocenters. The van der Waals surface area contributed by atoms with E-state index in [2.05, 4.69) is 33.3 Å². The second kappa shape index (κ2) is 6.93. The first-order valence-corrected chi connectivity index (χ1v) is 8.48. The summed E-state index contributed by atoms with van der Waals surface area (Å²) in [6.45, 7) is 3.89. The molecular formula is C21H15N6O.